The summed E-state index contributed by atoms with van der Waals surface area (Å²) >= 11 is 5.91. The lowest BCUT2D eigenvalue weighted by Crippen LogP contribution is -2.48. The summed E-state index contributed by atoms with van der Waals surface area (Å²) in [6, 6.07) is 9.71. The predicted octanol–water partition coefficient (Wildman–Crippen LogP) is 2.18. The summed E-state index contributed by atoms with van der Waals surface area (Å²) in [7, 11) is 0. The van der Waals surface area contributed by atoms with Crippen LogP contribution >= 0.6 is 11.6 Å². The summed E-state index contributed by atoms with van der Waals surface area (Å²) in [5.74, 6) is -2.17. The second kappa shape index (κ2) is 6.05. The molecule has 4 heterocycles. The number of furan rings is 1. The van der Waals surface area contributed by atoms with Crippen molar-refractivity contribution in [2.24, 2.45) is 11.8 Å². The molecule has 0 unspecified atom stereocenters. The van der Waals surface area contributed by atoms with E-state index in [2.05, 4.69) is 5.32 Å². The normalized spacial score (nSPS) is 30.2. The maximum atomic E-state index is 13.2. The number of nitrogens with zero attached hydrogens (tertiary/aromatic N) is 1. The highest BCUT2D eigenvalue weighted by Gasteiger charge is 2.67. The van der Waals surface area contributed by atoms with Gasteiger partial charge >= 0.3 is 0 Å². The van der Waals surface area contributed by atoms with Crippen LogP contribution in [0.3, 0.4) is 0 Å². The van der Waals surface area contributed by atoms with Crippen LogP contribution in [0.2, 0.25) is 5.02 Å². The summed E-state index contributed by atoms with van der Waals surface area (Å²) in [5, 5.41) is 3.27. The summed E-state index contributed by atoms with van der Waals surface area (Å²) in [4.78, 5) is 39.6. The second-order valence-corrected chi connectivity index (χ2v) is 7.48. The van der Waals surface area contributed by atoms with Gasteiger partial charge in [0, 0.05) is 5.02 Å². The van der Waals surface area contributed by atoms with Gasteiger partial charge in [-0.05, 0) is 36.4 Å². The van der Waals surface area contributed by atoms with Crippen LogP contribution in [-0.4, -0.2) is 36.0 Å². The SMILES string of the molecule is O=C(NC[C@]12C=C[C@@H](O1)[C@H]1C(=O)N(c3ccc(Cl)cc3)C(=O)[C@@H]12)c1ccco1. The average Bonchev–Trinajstić information content (AvgIpc) is 3.45. The van der Waals surface area contributed by atoms with E-state index in [4.69, 9.17) is 20.8 Å². The fraction of sp³-hybridized carbons (Fsp3) is 0.250. The minimum absolute atomic E-state index is 0.0637. The maximum Gasteiger partial charge on any atom is 0.287 e. The molecule has 1 N–H and O–H groups in total. The Morgan fingerprint density at radius 2 is 1.96 bits per heavy atom. The quantitative estimate of drug-likeness (QED) is 0.630. The van der Waals surface area contributed by atoms with Crippen molar-refractivity contribution in [3.8, 4) is 0 Å². The molecule has 1 aromatic heterocycles. The molecular formula is C20H15ClN2O5. The first-order chi connectivity index (χ1) is 13.5. The number of hydrogen-bond acceptors (Lipinski definition) is 5. The molecule has 0 aliphatic carbocycles. The van der Waals surface area contributed by atoms with E-state index in [9.17, 15) is 14.4 Å². The molecule has 142 valence electrons. The zero-order chi connectivity index (χ0) is 19.5. The molecule has 2 fully saturated rings. The summed E-state index contributed by atoms with van der Waals surface area (Å²) in [5.41, 5.74) is -0.575. The molecule has 0 spiro atoms. The zero-order valence-electron chi connectivity index (χ0n) is 14.5. The lowest BCUT2D eigenvalue weighted by molar-refractivity contribution is -0.126. The summed E-state index contributed by atoms with van der Waals surface area (Å²) in [6.45, 7) is 0.0637. The molecule has 2 saturated heterocycles. The molecule has 7 nitrogen and oxygen atoms in total. The molecule has 4 atom stereocenters. The van der Waals surface area contributed by atoms with Crippen LogP contribution < -0.4 is 10.2 Å². The van der Waals surface area contributed by atoms with Gasteiger partial charge in [0.1, 0.15) is 5.60 Å². The molecule has 28 heavy (non-hydrogen) atoms. The third kappa shape index (κ3) is 2.36. The number of hydrogen-bond donors (Lipinski definition) is 1. The molecule has 8 heteroatoms. The van der Waals surface area contributed by atoms with Gasteiger partial charge in [0.2, 0.25) is 11.8 Å². The number of amides is 3. The first kappa shape index (κ1) is 17.2. The van der Waals surface area contributed by atoms with Crippen molar-refractivity contribution >= 4 is 35.0 Å². The van der Waals surface area contributed by atoms with Gasteiger partial charge in [-0.1, -0.05) is 23.8 Å². The highest BCUT2D eigenvalue weighted by atomic mass is 35.5. The van der Waals surface area contributed by atoms with Crippen molar-refractivity contribution in [1.29, 1.82) is 0 Å². The van der Waals surface area contributed by atoms with Gasteiger partial charge in [0.05, 0.1) is 36.4 Å². The highest BCUT2D eigenvalue weighted by molar-refractivity contribution is 6.31. The van der Waals surface area contributed by atoms with Gasteiger partial charge in [0.25, 0.3) is 5.91 Å². The minimum Gasteiger partial charge on any atom is -0.459 e. The number of ether oxygens (including phenoxy) is 1. The Kier molecular flexibility index (Phi) is 3.72. The number of anilines is 1. The molecule has 0 saturated carbocycles. The third-order valence-electron chi connectivity index (χ3n) is 5.51. The number of carbonyl (C=O) groups excluding carboxylic acids is 3. The fourth-order valence-electron chi connectivity index (χ4n) is 4.26. The van der Waals surface area contributed by atoms with Crippen LogP contribution in [-0.2, 0) is 14.3 Å². The van der Waals surface area contributed by atoms with E-state index in [-0.39, 0.29) is 24.1 Å². The largest absolute Gasteiger partial charge is 0.459 e. The topological polar surface area (TPSA) is 88.9 Å². The maximum absolute atomic E-state index is 13.2. The molecule has 5 rings (SSSR count). The van der Waals surface area contributed by atoms with E-state index in [0.29, 0.717) is 10.7 Å². The van der Waals surface area contributed by atoms with Crippen molar-refractivity contribution < 1.29 is 23.5 Å². The van der Waals surface area contributed by atoms with Crippen molar-refractivity contribution in [3.63, 3.8) is 0 Å². The van der Waals surface area contributed by atoms with Crippen LogP contribution in [0.15, 0.2) is 59.2 Å². The second-order valence-electron chi connectivity index (χ2n) is 7.05. The number of imide groups is 1. The number of rotatable bonds is 4. The third-order valence-corrected chi connectivity index (χ3v) is 5.76. The number of benzene rings is 1. The summed E-state index contributed by atoms with van der Waals surface area (Å²) < 4.78 is 11.1. The Morgan fingerprint density at radius 3 is 2.68 bits per heavy atom. The van der Waals surface area contributed by atoms with Crippen LogP contribution in [0.1, 0.15) is 10.6 Å². The minimum atomic E-state index is -1.05. The zero-order valence-corrected chi connectivity index (χ0v) is 15.3. The van der Waals surface area contributed by atoms with E-state index in [1.165, 1.54) is 11.2 Å². The van der Waals surface area contributed by atoms with Crippen LogP contribution in [0.4, 0.5) is 5.69 Å². The highest BCUT2D eigenvalue weighted by Crippen LogP contribution is 2.52. The molecule has 3 amide bonds. The van der Waals surface area contributed by atoms with E-state index < -0.39 is 29.4 Å². The Bertz CT molecular complexity index is 1000. The van der Waals surface area contributed by atoms with E-state index in [1.807, 2.05) is 0 Å². The smallest absolute Gasteiger partial charge is 0.287 e. The molecular weight excluding hydrogens is 384 g/mol. The van der Waals surface area contributed by atoms with Gasteiger partial charge in [-0.15, -0.1) is 0 Å². The number of halogens is 1. The van der Waals surface area contributed by atoms with Gasteiger partial charge in [0.15, 0.2) is 5.76 Å². The van der Waals surface area contributed by atoms with Gasteiger partial charge in [-0.25, -0.2) is 4.90 Å². The van der Waals surface area contributed by atoms with Crippen LogP contribution in [0.5, 0.6) is 0 Å². The van der Waals surface area contributed by atoms with Crippen molar-refractivity contribution in [3.05, 3.63) is 65.6 Å². The lowest BCUT2D eigenvalue weighted by atomic mass is 9.77. The van der Waals surface area contributed by atoms with Gasteiger partial charge in [-0.2, -0.15) is 0 Å². The molecule has 2 aromatic rings. The standard InChI is InChI=1S/C20H15ClN2O5/c21-11-3-5-12(6-4-11)23-18(25)15-13-7-8-20(28-13,16(15)19(23)26)10-22-17(24)14-2-1-9-27-14/h1-9,13,15-16H,10H2,(H,22,24)/t13-,15-,16-,20+/m1/s1. The molecule has 1 aromatic carbocycles. The molecule has 0 radical (unpaired) electrons. The Balaban J connectivity index is 1.42. The van der Waals surface area contributed by atoms with Gasteiger partial charge < -0.3 is 14.5 Å². The molecule has 2 bridgehead atoms. The van der Waals surface area contributed by atoms with Crippen molar-refractivity contribution in [2.45, 2.75) is 11.7 Å². The first-order valence-electron chi connectivity index (χ1n) is 8.82. The predicted molar refractivity (Wildman–Crippen MR) is 98.7 cm³/mol. The lowest BCUT2D eigenvalue weighted by Gasteiger charge is -2.29. The monoisotopic (exact) mass is 398 g/mol. The summed E-state index contributed by atoms with van der Waals surface area (Å²) in [6.07, 6.45) is 4.48. The van der Waals surface area contributed by atoms with Crippen LogP contribution in [0.25, 0.3) is 0 Å². The van der Waals surface area contributed by atoms with E-state index in [0.717, 1.165) is 0 Å². The number of fused-ring (bicyclic) bond motifs is 5. The number of nitrogens with one attached hydrogen (secondary N) is 1. The van der Waals surface area contributed by atoms with Crippen LogP contribution in [0, 0.1) is 11.8 Å². The molecule has 3 aliphatic heterocycles. The Labute approximate surface area is 164 Å². The molecule has 3 aliphatic rings. The van der Waals surface area contributed by atoms with Gasteiger partial charge in [-0.3, -0.25) is 14.4 Å². The Hall–Kier alpha value is -2.90. The van der Waals surface area contributed by atoms with E-state index >= 15 is 0 Å². The van der Waals surface area contributed by atoms with Crippen molar-refractivity contribution in [1.82, 2.24) is 5.32 Å². The Morgan fingerprint density at radius 1 is 1.18 bits per heavy atom. The fourth-order valence-corrected chi connectivity index (χ4v) is 4.39. The first-order valence-corrected chi connectivity index (χ1v) is 9.20. The van der Waals surface area contributed by atoms with E-state index in [1.54, 1.807) is 48.6 Å². The number of carbonyl (C=O) groups is 3. The average molecular weight is 399 g/mol. The van der Waals surface area contributed by atoms with Crippen molar-refractivity contribution in [2.75, 3.05) is 11.4 Å².